The van der Waals surface area contributed by atoms with Gasteiger partial charge < -0.3 is 66.3 Å². The molecule has 3 rings (SSSR count). The number of methoxy groups -OCH3 is 1. The Balaban J connectivity index is 2.22. The zero-order valence-corrected chi connectivity index (χ0v) is 37.8. The van der Waals surface area contributed by atoms with Crippen molar-refractivity contribution in [2.24, 2.45) is 0 Å². The average Bonchev–Trinajstić information content (AvgIpc) is 3.11. The van der Waals surface area contributed by atoms with Crippen molar-refractivity contribution in [1.29, 1.82) is 0 Å². The van der Waals surface area contributed by atoms with E-state index in [4.69, 9.17) is 66.3 Å². The summed E-state index contributed by atoms with van der Waals surface area (Å²) in [5.41, 5.74) is 0. The van der Waals surface area contributed by atoms with E-state index in [0.717, 1.165) is 55.4 Å². The van der Waals surface area contributed by atoms with Crippen LogP contribution in [0.25, 0.3) is 0 Å². The molecule has 0 aromatic rings. The molecule has 0 aromatic heterocycles. The molecule has 0 bridgehead atoms. The molecule has 0 saturated carbocycles. The van der Waals surface area contributed by atoms with Crippen LogP contribution in [0, 0.1) is 0 Å². The van der Waals surface area contributed by atoms with E-state index in [0.29, 0.717) is 0 Å². The highest BCUT2D eigenvalue weighted by molar-refractivity contribution is 14.1. The van der Waals surface area contributed by atoms with Crippen LogP contribution in [0.3, 0.4) is 0 Å². The average molecular weight is 1070 g/mol. The largest absolute Gasteiger partial charge is 0.463 e. The van der Waals surface area contributed by atoms with Gasteiger partial charge in [-0.1, -0.05) is 45.2 Å². The van der Waals surface area contributed by atoms with Crippen molar-refractivity contribution in [2.75, 3.05) is 22.6 Å². The smallest absolute Gasteiger partial charge is 0.303 e. The zero-order valence-electron chi connectivity index (χ0n) is 33.5. The van der Waals surface area contributed by atoms with Gasteiger partial charge in [0.25, 0.3) is 0 Å². The fourth-order valence-corrected chi connectivity index (χ4v) is 7.94. The van der Waals surface area contributed by atoms with Crippen LogP contribution in [0.2, 0.25) is 0 Å². The van der Waals surface area contributed by atoms with Crippen molar-refractivity contribution in [2.45, 2.75) is 148 Å². The van der Waals surface area contributed by atoms with Crippen LogP contribution in [0.5, 0.6) is 0 Å². The van der Waals surface area contributed by atoms with Crippen molar-refractivity contribution >= 4 is 92.9 Å². The summed E-state index contributed by atoms with van der Waals surface area (Å²) >= 11 is 3.88. The van der Waals surface area contributed by atoms with E-state index in [2.05, 4.69) is 0 Å². The number of carbonyl (C=O) groups is 8. The summed E-state index contributed by atoms with van der Waals surface area (Å²) in [6.07, 6.45) is -22.1. The van der Waals surface area contributed by atoms with Gasteiger partial charge in [-0.25, -0.2) is 0 Å². The molecule has 15 atom stereocenters. The Hall–Kier alpha value is -3.02. The molecular formula is C35H48I2O22. The van der Waals surface area contributed by atoms with Crippen molar-refractivity contribution in [3.63, 3.8) is 0 Å². The Morgan fingerprint density at radius 2 is 0.678 bits per heavy atom. The normalized spacial score (nSPS) is 34.3. The van der Waals surface area contributed by atoms with Crippen molar-refractivity contribution in [1.82, 2.24) is 0 Å². The summed E-state index contributed by atoms with van der Waals surface area (Å²) < 4.78 is 81.4. The predicted octanol–water partition coefficient (Wildman–Crippen LogP) is 0.533. The lowest BCUT2D eigenvalue weighted by atomic mass is 9.95. The van der Waals surface area contributed by atoms with Crippen molar-refractivity contribution in [3.05, 3.63) is 0 Å². The van der Waals surface area contributed by atoms with Crippen LogP contribution in [0.15, 0.2) is 0 Å². The molecule has 0 N–H and O–H groups in total. The minimum atomic E-state index is -1.78. The van der Waals surface area contributed by atoms with Crippen LogP contribution < -0.4 is 0 Å². The second-order valence-corrected chi connectivity index (χ2v) is 15.0. The van der Waals surface area contributed by atoms with E-state index in [1.54, 1.807) is 0 Å². The Bertz CT molecular complexity index is 1530. The Morgan fingerprint density at radius 3 is 1.03 bits per heavy atom. The first-order valence-electron chi connectivity index (χ1n) is 18.0. The quantitative estimate of drug-likeness (QED) is 0.0883. The number of ether oxygens (including phenoxy) is 14. The van der Waals surface area contributed by atoms with Gasteiger partial charge in [0.05, 0.1) is 6.10 Å². The summed E-state index contributed by atoms with van der Waals surface area (Å²) in [6.45, 7) is 7.96. The number of carbonyl (C=O) groups excluding carboxylic acids is 8. The Morgan fingerprint density at radius 1 is 0.390 bits per heavy atom. The van der Waals surface area contributed by atoms with E-state index in [9.17, 15) is 38.4 Å². The molecule has 3 saturated heterocycles. The van der Waals surface area contributed by atoms with Gasteiger partial charge in [-0.2, -0.15) is 0 Å². The Kier molecular flexibility index (Phi) is 19.8. The topological polar surface area (TPSA) is 266 Å². The van der Waals surface area contributed by atoms with E-state index in [1.807, 2.05) is 45.2 Å². The lowest BCUT2D eigenvalue weighted by Gasteiger charge is -2.50. The molecular weight excluding hydrogens is 1030 g/mol. The van der Waals surface area contributed by atoms with Gasteiger partial charge >= 0.3 is 47.8 Å². The standard InChI is InChI=1S/C35H48I2O22/c1-13(38)47-12-23-26(59-34-31(53-19(7)44)27(49-15(3)40)24(48-14(2)39)21(10-36)56-34)29(51-17(5)42)32(54-20(8)45)35(57-23)58-25-22(11-37)55-33(46-9)30(52-18(6)43)28(25)50-16(4)41/h21-35H,10-12H2,1-9H3/t21-,22-,23-,24-,25-,26-,27+,28+,29+,30-,31-,32-,33-,34-,35-/m1/s1. The second-order valence-electron chi connectivity index (χ2n) is 13.2. The molecule has 334 valence electrons. The first kappa shape index (κ1) is 50.3. The molecule has 59 heavy (non-hydrogen) atoms. The van der Waals surface area contributed by atoms with Crippen LogP contribution in [-0.2, 0) is 105 Å². The number of alkyl halides is 2. The van der Waals surface area contributed by atoms with Gasteiger partial charge in [-0.15, -0.1) is 0 Å². The zero-order chi connectivity index (χ0) is 44.3. The fraction of sp³-hybridized carbons (Fsp3) is 0.771. The Labute approximate surface area is 366 Å². The van der Waals surface area contributed by atoms with Gasteiger partial charge in [0.15, 0.2) is 61.6 Å². The van der Waals surface area contributed by atoms with E-state index < -0.39 is 146 Å². The molecule has 3 aliphatic heterocycles. The summed E-state index contributed by atoms with van der Waals surface area (Å²) in [5, 5.41) is 0. The molecule has 22 nitrogen and oxygen atoms in total. The van der Waals surface area contributed by atoms with E-state index in [-0.39, 0.29) is 8.86 Å². The highest BCUT2D eigenvalue weighted by atomic mass is 127. The van der Waals surface area contributed by atoms with Gasteiger partial charge in [-0.05, 0) is 0 Å². The van der Waals surface area contributed by atoms with Crippen molar-refractivity contribution in [3.8, 4) is 0 Å². The minimum Gasteiger partial charge on any atom is -0.463 e. The number of rotatable bonds is 16. The van der Waals surface area contributed by atoms with Crippen LogP contribution in [-0.4, -0.2) is 162 Å². The third-order valence-electron chi connectivity index (χ3n) is 8.46. The molecule has 0 spiro atoms. The van der Waals surface area contributed by atoms with E-state index >= 15 is 0 Å². The molecule has 24 heteroatoms. The molecule has 0 aromatic carbocycles. The first-order valence-corrected chi connectivity index (χ1v) is 21.0. The number of hydrogen-bond donors (Lipinski definition) is 0. The van der Waals surface area contributed by atoms with Crippen LogP contribution in [0.1, 0.15) is 55.4 Å². The maximum absolute atomic E-state index is 12.8. The molecule has 0 unspecified atom stereocenters. The number of hydrogen-bond acceptors (Lipinski definition) is 22. The summed E-state index contributed by atoms with van der Waals surface area (Å²) in [7, 11) is 1.27. The number of halogens is 2. The molecule has 0 amide bonds. The third kappa shape index (κ3) is 14.3. The maximum atomic E-state index is 12.8. The molecule has 3 heterocycles. The molecule has 0 radical (unpaired) electrons. The highest BCUT2D eigenvalue weighted by Gasteiger charge is 2.59. The summed E-state index contributed by atoms with van der Waals surface area (Å²) in [4.78, 5) is 99.5. The molecule has 3 aliphatic rings. The molecule has 3 fully saturated rings. The lowest BCUT2D eigenvalue weighted by molar-refractivity contribution is -0.375. The van der Waals surface area contributed by atoms with Crippen molar-refractivity contribution < 1.29 is 105 Å². The molecule has 0 aliphatic carbocycles. The predicted molar refractivity (Wildman–Crippen MR) is 206 cm³/mol. The maximum Gasteiger partial charge on any atom is 0.303 e. The van der Waals surface area contributed by atoms with Gasteiger partial charge in [0.2, 0.25) is 0 Å². The van der Waals surface area contributed by atoms with Gasteiger partial charge in [0.1, 0.15) is 31.0 Å². The van der Waals surface area contributed by atoms with Crippen LogP contribution >= 0.6 is 45.2 Å². The second kappa shape index (κ2) is 23.3. The minimum absolute atomic E-state index is 0.0979. The SMILES string of the molecule is CO[C@@H]1O[C@H](CI)[C@@H](O[C@H]2O[C@H](COC(C)=O)[C@@H](O[C@H]3O[C@H](CI)[C@@H](OC(C)=O)[C@H](OC(C)=O)[C@H]3OC(C)=O)[C@H](OC(C)=O)[C@H]2OC(C)=O)[C@H](OC(C)=O)[C@H]1OC(C)=O. The van der Waals surface area contributed by atoms with Crippen LogP contribution in [0.4, 0.5) is 0 Å². The third-order valence-corrected chi connectivity index (χ3v) is 10.2. The number of esters is 8. The lowest BCUT2D eigenvalue weighted by Crippen LogP contribution is -2.68. The van der Waals surface area contributed by atoms with Gasteiger partial charge in [0, 0.05) is 71.4 Å². The monoisotopic (exact) mass is 1070 g/mol. The van der Waals surface area contributed by atoms with Gasteiger partial charge in [-0.3, -0.25) is 38.4 Å². The summed E-state index contributed by atoms with van der Waals surface area (Å²) in [6, 6.07) is 0. The van der Waals surface area contributed by atoms with E-state index in [1.165, 1.54) is 7.11 Å². The fourth-order valence-electron chi connectivity index (χ4n) is 6.53. The summed E-state index contributed by atoms with van der Waals surface area (Å²) in [5.74, 6) is -6.79. The first-order chi connectivity index (χ1) is 27.7. The highest BCUT2D eigenvalue weighted by Crippen LogP contribution is 2.38.